The van der Waals surface area contributed by atoms with Crippen molar-refractivity contribution in [1.29, 1.82) is 0 Å². The van der Waals surface area contributed by atoms with Crippen LogP contribution in [0.1, 0.15) is 52.4 Å². The molecule has 1 aliphatic rings. The van der Waals surface area contributed by atoms with Gasteiger partial charge < -0.3 is 15.8 Å². The van der Waals surface area contributed by atoms with Crippen LogP contribution in [0.15, 0.2) is 6.07 Å². The number of nitrogens with two attached hydrogens (primary N) is 1. The summed E-state index contributed by atoms with van der Waals surface area (Å²) in [7, 11) is 0. The maximum atomic E-state index is 6.09. The van der Waals surface area contributed by atoms with Crippen LogP contribution < -0.4 is 15.8 Å². The summed E-state index contributed by atoms with van der Waals surface area (Å²) in [5.74, 6) is 2.25. The third-order valence-electron chi connectivity index (χ3n) is 3.91. The fourth-order valence-electron chi connectivity index (χ4n) is 2.80. The highest BCUT2D eigenvalue weighted by Crippen LogP contribution is 2.30. The number of hydrogen-bond acceptors (Lipinski definition) is 5. The second kappa shape index (κ2) is 7.31. The van der Waals surface area contributed by atoms with Gasteiger partial charge in [0.25, 0.3) is 0 Å². The Bertz CT molecular complexity index is 424. The second-order valence-electron chi connectivity index (χ2n) is 5.49. The highest BCUT2D eigenvalue weighted by Gasteiger charge is 2.25. The molecule has 2 rings (SSSR count). The number of nitrogens with zero attached hydrogens (tertiary/aromatic N) is 2. The van der Waals surface area contributed by atoms with Crippen molar-refractivity contribution in [2.24, 2.45) is 5.92 Å². The zero-order valence-corrected chi connectivity index (χ0v) is 12.6. The molecule has 20 heavy (non-hydrogen) atoms. The van der Waals surface area contributed by atoms with E-state index in [1.54, 1.807) is 0 Å². The standard InChI is InChI=1S/C15H26N4O/c1-3-9-17-13-10-14(19-15(16)18-13)20-12-8-6-5-7-11(12)4-2/h10-12H,3-9H2,1-2H3,(H3,16,17,18,19). The van der Waals surface area contributed by atoms with E-state index < -0.39 is 0 Å². The van der Waals surface area contributed by atoms with Crippen LogP contribution in [-0.4, -0.2) is 22.6 Å². The number of nitrogen functional groups attached to an aromatic ring is 1. The number of rotatable bonds is 6. The van der Waals surface area contributed by atoms with Gasteiger partial charge in [-0.05, 0) is 38.0 Å². The largest absolute Gasteiger partial charge is 0.474 e. The first-order chi connectivity index (χ1) is 9.72. The fourth-order valence-corrected chi connectivity index (χ4v) is 2.80. The zero-order chi connectivity index (χ0) is 14.4. The van der Waals surface area contributed by atoms with E-state index in [4.69, 9.17) is 10.5 Å². The molecule has 1 aliphatic carbocycles. The van der Waals surface area contributed by atoms with Crippen LogP contribution in [0.3, 0.4) is 0 Å². The molecule has 0 saturated heterocycles. The summed E-state index contributed by atoms with van der Waals surface area (Å²) in [5, 5.41) is 3.23. The normalized spacial score (nSPS) is 22.5. The smallest absolute Gasteiger partial charge is 0.225 e. The Morgan fingerprint density at radius 1 is 1.30 bits per heavy atom. The van der Waals surface area contributed by atoms with Crippen molar-refractivity contribution in [3.05, 3.63) is 6.07 Å². The van der Waals surface area contributed by atoms with Crippen molar-refractivity contribution in [1.82, 2.24) is 9.97 Å². The van der Waals surface area contributed by atoms with E-state index in [0.717, 1.165) is 31.6 Å². The molecule has 2 unspecified atom stereocenters. The lowest BCUT2D eigenvalue weighted by atomic mass is 9.85. The van der Waals surface area contributed by atoms with Crippen molar-refractivity contribution in [3.8, 4) is 5.88 Å². The number of nitrogens with one attached hydrogen (secondary N) is 1. The average Bonchev–Trinajstić information content (AvgIpc) is 2.45. The monoisotopic (exact) mass is 278 g/mol. The van der Waals surface area contributed by atoms with Crippen LogP contribution >= 0.6 is 0 Å². The van der Waals surface area contributed by atoms with Crippen LogP contribution in [0.2, 0.25) is 0 Å². The zero-order valence-electron chi connectivity index (χ0n) is 12.6. The molecule has 3 N–H and O–H groups in total. The van der Waals surface area contributed by atoms with Gasteiger partial charge >= 0.3 is 0 Å². The summed E-state index contributed by atoms with van der Waals surface area (Å²) in [5.41, 5.74) is 5.76. The third kappa shape index (κ3) is 3.99. The van der Waals surface area contributed by atoms with Crippen LogP contribution in [0.25, 0.3) is 0 Å². The Morgan fingerprint density at radius 3 is 2.85 bits per heavy atom. The Morgan fingerprint density at radius 2 is 2.10 bits per heavy atom. The van der Waals surface area contributed by atoms with Crippen molar-refractivity contribution in [3.63, 3.8) is 0 Å². The predicted octanol–water partition coefficient (Wildman–Crippen LogP) is 3.23. The van der Waals surface area contributed by atoms with E-state index in [1.807, 2.05) is 6.07 Å². The van der Waals surface area contributed by atoms with Gasteiger partial charge in [0, 0.05) is 12.6 Å². The molecule has 112 valence electrons. The summed E-state index contributed by atoms with van der Waals surface area (Å²) in [6, 6.07) is 1.85. The lowest BCUT2D eigenvalue weighted by Gasteiger charge is -2.30. The van der Waals surface area contributed by atoms with Crippen molar-refractivity contribution in [2.45, 2.75) is 58.5 Å². The number of ether oxygens (including phenoxy) is 1. The van der Waals surface area contributed by atoms with E-state index in [1.165, 1.54) is 19.3 Å². The molecular weight excluding hydrogens is 252 g/mol. The van der Waals surface area contributed by atoms with Gasteiger partial charge in [-0.3, -0.25) is 0 Å². The van der Waals surface area contributed by atoms with Crippen LogP contribution in [0.4, 0.5) is 11.8 Å². The molecule has 0 bridgehead atoms. The predicted molar refractivity (Wildman–Crippen MR) is 81.9 cm³/mol. The summed E-state index contributed by atoms with van der Waals surface area (Å²) in [6.07, 6.45) is 7.38. The van der Waals surface area contributed by atoms with Gasteiger partial charge in [0.1, 0.15) is 11.9 Å². The number of hydrogen-bond donors (Lipinski definition) is 2. The van der Waals surface area contributed by atoms with Gasteiger partial charge in [-0.2, -0.15) is 9.97 Å². The minimum Gasteiger partial charge on any atom is -0.474 e. The molecule has 1 heterocycles. The highest BCUT2D eigenvalue weighted by atomic mass is 16.5. The first-order valence-electron chi connectivity index (χ1n) is 7.78. The minimum absolute atomic E-state index is 0.266. The van der Waals surface area contributed by atoms with E-state index >= 15 is 0 Å². The van der Waals surface area contributed by atoms with E-state index in [-0.39, 0.29) is 12.1 Å². The van der Waals surface area contributed by atoms with Gasteiger partial charge in [0.05, 0.1) is 0 Å². The molecular formula is C15H26N4O. The molecule has 0 aliphatic heterocycles. The van der Waals surface area contributed by atoms with Crippen LogP contribution in [0, 0.1) is 5.92 Å². The first kappa shape index (κ1) is 14.9. The summed E-state index contributed by atoms with van der Waals surface area (Å²) >= 11 is 0. The maximum absolute atomic E-state index is 6.09. The Hall–Kier alpha value is -1.52. The molecule has 5 nitrogen and oxygen atoms in total. The molecule has 1 fully saturated rings. The Kier molecular flexibility index (Phi) is 5.44. The minimum atomic E-state index is 0.266. The van der Waals surface area contributed by atoms with E-state index in [2.05, 4.69) is 29.1 Å². The highest BCUT2D eigenvalue weighted by molar-refractivity contribution is 5.42. The average molecular weight is 278 g/mol. The fraction of sp³-hybridized carbons (Fsp3) is 0.733. The van der Waals surface area contributed by atoms with Gasteiger partial charge in [-0.15, -0.1) is 0 Å². The van der Waals surface area contributed by atoms with Gasteiger partial charge in [0.2, 0.25) is 11.8 Å². The summed E-state index contributed by atoms with van der Waals surface area (Å²) in [6.45, 7) is 5.22. The molecule has 5 heteroatoms. The SMILES string of the molecule is CCCNc1cc(OC2CCCCC2CC)nc(N)n1. The van der Waals surface area contributed by atoms with E-state index in [0.29, 0.717) is 11.8 Å². The summed E-state index contributed by atoms with van der Waals surface area (Å²) in [4.78, 5) is 8.39. The number of anilines is 2. The lowest BCUT2D eigenvalue weighted by molar-refractivity contribution is 0.0860. The maximum Gasteiger partial charge on any atom is 0.225 e. The molecule has 0 spiro atoms. The van der Waals surface area contributed by atoms with Crippen molar-refractivity contribution < 1.29 is 4.74 Å². The first-order valence-corrected chi connectivity index (χ1v) is 7.78. The molecule has 0 aromatic carbocycles. The Labute approximate surface area is 121 Å². The molecule has 1 aromatic heterocycles. The topological polar surface area (TPSA) is 73.1 Å². The van der Waals surface area contributed by atoms with Gasteiger partial charge in [0.15, 0.2) is 0 Å². The summed E-state index contributed by atoms with van der Waals surface area (Å²) < 4.78 is 6.09. The number of aromatic nitrogens is 2. The molecule has 2 atom stereocenters. The van der Waals surface area contributed by atoms with Gasteiger partial charge in [-0.1, -0.05) is 20.3 Å². The Balaban J connectivity index is 2.05. The van der Waals surface area contributed by atoms with Crippen LogP contribution in [-0.2, 0) is 0 Å². The third-order valence-corrected chi connectivity index (χ3v) is 3.91. The quantitative estimate of drug-likeness (QED) is 0.835. The molecule has 0 amide bonds. The van der Waals surface area contributed by atoms with Crippen LogP contribution in [0.5, 0.6) is 5.88 Å². The lowest BCUT2D eigenvalue weighted by Crippen LogP contribution is -2.30. The molecule has 0 radical (unpaired) electrons. The van der Waals surface area contributed by atoms with Crippen molar-refractivity contribution in [2.75, 3.05) is 17.6 Å². The molecule has 1 saturated carbocycles. The van der Waals surface area contributed by atoms with Gasteiger partial charge in [-0.25, -0.2) is 0 Å². The van der Waals surface area contributed by atoms with Crippen molar-refractivity contribution >= 4 is 11.8 Å². The second-order valence-corrected chi connectivity index (χ2v) is 5.49. The molecule has 1 aromatic rings. The van der Waals surface area contributed by atoms with E-state index in [9.17, 15) is 0 Å².